The van der Waals surface area contributed by atoms with Crippen molar-refractivity contribution >= 4 is 0 Å². The van der Waals surface area contributed by atoms with Crippen LogP contribution in [0.25, 0.3) is 0 Å². The molecule has 1 rings (SSSR count). The van der Waals surface area contributed by atoms with Crippen LogP contribution in [0.15, 0.2) is 0 Å². The standard InChI is InChI=1S/C11H23NO2/c1-11(2,9-13)8-12-6-4-5-10(7-12)14-3/h10,13H,4-9H2,1-3H3. The minimum absolute atomic E-state index is 0.00955. The molecule has 1 aliphatic rings. The third-order valence-electron chi connectivity index (χ3n) is 2.88. The fourth-order valence-electron chi connectivity index (χ4n) is 2.00. The highest BCUT2D eigenvalue weighted by Gasteiger charge is 2.25. The van der Waals surface area contributed by atoms with Crippen LogP contribution in [-0.4, -0.2) is 49.5 Å². The lowest BCUT2D eigenvalue weighted by atomic mass is 9.93. The SMILES string of the molecule is COC1CCCN(CC(C)(C)CO)C1. The second-order valence-electron chi connectivity index (χ2n) is 5.06. The largest absolute Gasteiger partial charge is 0.396 e. The van der Waals surface area contributed by atoms with E-state index in [0.717, 1.165) is 19.6 Å². The van der Waals surface area contributed by atoms with Crippen molar-refractivity contribution in [1.82, 2.24) is 4.90 Å². The second-order valence-corrected chi connectivity index (χ2v) is 5.06. The molecule has 0 amide bonds. The van der Waals surface area contributed by atoms with Crippen molar-refractivity contribution in [1.29, 1.82) is 0 Å². The zero-order valence-electron chi connectivity index (χ0n) is 9.62. The van der Waals surface area contributed by atoms with Gasteiger partial charge in [-0.15, -0.1) is 0 Å². The molecule has 0 spiro atoms. The van der Waals surface area contributed by atoms with Gasteiger partial charge in [-0.1, -0.05) is 13.8 Å². The van der Waals surface area contributed by atoms with Crippen LogP contribution in [-0.2, 0) is 4.74 Å². The predicted octanol–water partition coefficient (Wildman–Crippen LogP) is 1.12. The van der Waals surface area contributed by atoms with E-state index in [1.165, 1.54) is 12.8 Å². The van der Waals surface area contributed by atoms with Gasteiger partial charge in [-0.2, -0.15) is 0 Å². The van der Waals surface area contributed by atoms with Gasteiger partial charge in [-0.25, -0.2) is 0 Å². The summed E-state index contributed by atoms with van der Waals surface area (Å²) in [6.45, 7) is 7.57. The van der Waals surface area contributed by atoms with Crippen LogP contribution in [0.2, 0.25) is 0 Å². The molecular formula is C11H23NO2. The van der Waals surface area contributed by atoms with Crippen LogP contribution < -0.4 is 0 Å². The van der Waals surface area contributed by atoms with Crippen molar-refractivity contribution in [2.45, 2.75) is 32.8 Å². The molecular weight excluding hydrogens is 178 g/mol. The highest BCUT2D eigenvalue weighted by Crippen LogP contribution is 2.20. The summed E-state index contributed by atoms with van der Waals surface area (Å²) in [5.41, 5.74) is 0.00955. The number of methoxy groups -OCH3 is 1. The first kappa shape index (κ1) is 12.0. The minimum Gasteiger partial charge on any atom is -0.396 e. The molecule has 1 unspecified atom stereocenters. The Labute approximate surface area is 87.1 Å². The zero-order valence-corrected chi connectivity index (χ0v) is 9.62. The molecule has 1 N–H and O–H groups in total. The van der Waals surface area contributed by atoms with Crippen molar-refractivity contribution < 1.29 is 9.84 Å². The fourth-order valence-corrected chi connectivity index (χ4v) is 2.00. The van der Waals surface area contributed by atoms with Gasteiger partial charge in [-0.3, -0.25) is 0 Å². The average molecular weight is 201 g/mol. The maximum absolute atomic E-state index is 9.19. The maximum atomic E-state index is 9.19. The van der Waals surface area contributed by atoms with Gasteiger partial charge >= 0.3 is 0 Å². The highest BCUT2D eigenvalue weighted by atomic mass is 16.5. The Bertz CT molecular complexity index is 171. The summed E-state index contributed by atoms with van der Waals surface area (Å²) in [6, 6.07) is 0. The van der Waals surface area contributed by atoms with Gasteiger partial charge in [0, 0.05) is 32.2 Å². The molecule has 0 aromatic rings. The molecule has 3 nitrogen and oxygen atoms in total. The average Bonchev–Trinajstić information content (AvgIpc) is 2.17. The minimum atomic E-state index is 0.00955. The molecule has 1 atom stereocenters. The van der Waals surface area contributed by atoms with E-state index in [2.05, 4.69) is 18.7 Å². The highest BCUT2D eigenvalue weighted by molar-refractivity contribution is 4.78. The molecule has 84 valence electrons. The number of rotatable bonds is 4. The zero-order chi connectivity index (χ0) is 10.6. The lowest BCUT2D eigenvalue weighted by Crippen LogP contribution is -2.44. The molecule has 0 aliphatic carbocycles. The molecule has 3 heteroatoms. The number of aliphatic hydroxyl groups is 1. The Morgan fingerprint density at radius 1 is 1.50 bits per heavy atom. The Morgan fingerprint density at radius 3 is 2.79 bits per heavy atom. The van der Waals surface area contributed by atoms with Gasteiger partial charge in [-0.05, 0) is 19.4 Å². The lowest BCUT2D eigenvalue weighted by molar-refractivity contribution is 0.00978. The summed E-state index contributed by atoms with van der Waals surface area (Å²) < 4.78 is 5.37. The smallest absolute Gasteiger partial charge is 0.0698 e. The van der Waals surface area contributed by atoms with Crippen LogP contribution in [0.4, 0.5) is 0 Å². The number of aliphatic hydroxyl groups excluding tert-OH is 1. The van der Waals surface area contributed by atoms with Crippen molar-refractivity contribution in [3.05, 3.63) is 0 Å². The third-order valence-corrected chi connectivity index (χ3v) is 2.88. The summed E-state index contributed by atoms with van der Waals surface area (Å²) in [5, 5.41) is 9.19. The molecule has 0 aromatic carbocycles. The number of hydrogen-bond acceptors (Lipinski definition) is 3. The van der Waals surface area contributed by atoms with E-state index in [4.69, 9.17) is 4.74 Å². The van der Waals surface area contributed by atoms with Crippen molar-refractivity contribution in [2.24, 2.45) is 5.41 Å². The summed E-state index contributed by atoms with van der Waals surface area (Å²) in [5.74, 6) is 0. The van der Waals surface area contributed by atoms with Crippen molar-refractivity contribution in [2.75, 3.05) is 33.4 Å². The molecule has 0 radical (unpaired) electrons. The van der Waals surface area contributed by atoms with E-state index in [-0.39, 0.29) is 12.0 Å². The van der Waals surface area contributed by atoms with E-state index in [9.17, 15) is 5.11 Å². The van der Waals surface area contributed by atoms with E-state index < -0.39 is 0 Å². The van der Waals surface area contributed by atoms with Gasteiger partial charge in [0.25, 0.3) is 0 Å². The number of hydrogen-bond donors (Lipinski definition) is 1. The van der Waals surface area contributed by atoms with Gasteiger partial charge in [0.05, 0.1) is 6.10 Å². The molecule has 1 heterocycles. The Hall–Kier alpha value is -0.120. The first-order chi connectivity index (χ1) is 6.57. The van der Waals surface area contributed by atoms with E-state index >= 15 is 0 Å². The monoisotopic (exact) mass is 201 g/mol. The summed E-state index contributed by atoms with van der Waals surface area (Å²) >= 11 is 0. The van der Waals surface area contributed by atoms with Gasteiger partial charge < -0.3 is 14.7 Å². The molecule has 0 aromatic heterocycles. The molecule has 14 heavy (non-hydrogen) atoms. The van der Waals surface area contributed by atoms with Crippen LogP contribution in [0.5, 0.6) is 0 Å². The number of piperidine rings is 1. The normalized spacial score (nSPS) is 25.3. The van der Waals surface area contributed by atoms with Crippen molar-refractivity contribution in [3.8, 4) is 0 Å². The molecule has 0 bridgehead atoms. The Kier molecular flexibility index (Phi) is 4.35. The molecule has 0 saturated carbocycles. The first-order valence-electron chi connectivity index (χ1n) is 5.43. The van der Waals surface area contributed by atoms with Crippen molar-refractivity contribution in [3.63, 3.8) is 0 Å². The maximum Gasteiger partial charge on any atom is 0.0698 e. The number of ether oxygens (including phenoxy) is 1. The number of likely N-dealkylation sites (tertiary alicyclic amines) is 1. The van der Waals surface area contributed by atoms with E-state index in [1.54, 1.807) is 7.11 Å². The van der Waals surface area contributed by atoms with E-state index in [0.29, 0.717) is 6.10 Å². The Morgan fingerprint density at radius 2 is 2.21 bits per heavy atom. The summed E-state index contributed by atoms with van der Waals surface area (Å²) in [6.07, 6.45) is 2.77. The third kappa shape index (κ3) is 3.56. The van der Waals surface area contributed by atoms with E-state index in [1.807, 2.05) is 0 Å². The fraction of sp³-hybridized carbons (Fsp3) is 1.00. The van der Waals surface area contributed by atoms with Crippen LogP contribution >= 0.6 is 0 Å². The summed E-state index contributed by atoms with van der Waals surface area (Å²) in [4.78, 5) is 2.40. The predicted molar refractivity (Wildman–Crippen MR) is 57.3 cm³/mol. The van der Waals surface area contributed by atoms with Gasteiger partial charge in [0.2, 0.25) is 0 Å². The molecule has 1 fully saturated rings. The van der Waals surface area contributed by atoms with Crippen LogP contribution in [0, 0.1) is 5.41 Å². The topological polar surface area (TPSA) is 32.7 Å². The quantitative estimate of drug-likeness (QED) is 0.739. The first-order valence-corrected chi connectivity index (χ1v) is 5.43. The summed E-state index contributed by atoms with van der Waals surface area (Å²) in [7, 11) is 1.78. The molecule has 1 aliphatic heterocycles. The Balaban J connectivity index is 2.37. The molecule has 1 saturated heterocycles. The van der Waals surface area contributed by atoms with Crippen LogP contribution in [0.3, 0.4) is 0 Å². The van der Waals surface area contributed by atoms with Gasteiger partial charge in [0.15, 0.2) is 0 Å². The van der Waals surface area contributed by atoms with Crippen LogP contribution in [0.1, 0.15) is 26.7 Å². The lowest BCUT2D eigenvalue weighted by Gasteiger charge is -2.36. The number of nitrogens with zero attached hydrogens (tertiary/aromatic N) is 1. The second kappa shape index (κ2) is 5.10. The van der Waals surface area contributed by atoms with Gasteiger partial charge in [0.1, 0.15) is 0 Å².